The highest BCUT2D eigenvalue weighted by atomic mass is 16.3. The molecule has 0 radical (unpaired) electrons. The summed E-state index contributed by atoms with van der Waals surface area (Å²) in [5, 5.41) is 18.4. The third kappa shape index (κ3) is 3.41. The number of nitrogens with one attached hydrogen (secondary N) is 2. The number of aliphatic hydroxyl groups is 1. The summed E-state index contributed by atoms with van der Waals surface area (Å²) in [5.41, 5.74) is 3.43. The second-order valence-corrected chi connectivity index (χ2v) is 6.81. The van der Waals surface area contributed by atoms with E-state index in [9.17, 15) is 9.90 Å². The first-order valence-corrected chi connectivity index (χ1v) is 8.97. The van der Waals surface area contributed by atoms with E-state index in [-0.39, 0.29) is 18.6 Å². The maximum absolute atomic E-state index is 12.2. The van der Waals surface area contributed by atoms with Gasteiger partial charge in [-0.15, -0.1) is 0 Å². The lowest BCUT2D eigenvalue weighted by molar-refractivity contribution is 0.174. The summed E-state index contributed by atoms with van der Waals surface area (Å²) < 4.78 is 0. The van der Waals surface area contributed by atoms with Crippen LogP contribution in [0.15, 0.2) is 66.7 Å². The van der Waals surface area contributed by atoms with E-state index in [1.54, 1.807) is 0 Å². The molecular weight excluding hydrogens is 324 g/mol. The molecule has 2 amide bonds. The number of carbonyl (C=O) groups is 1. The van der Waals surface area contributed by atoms with E-state index < -0.39 is 6.10 Å². The maximum Gasteiger partial charge on any atom is 0.315 e. The summed E-state index contributed by atoms with van der Waals surface area (Å²) in [5.74, 6) is 0. The molecule has 26 heavy (non-hydrogen) atoms. The van der Waals surface area contributed by atoms with Crippen LogP contribution < -0.4 is 10.6 Å². The lowest BCUT2D eigenvalue weighted by atomic mass is 10.0. The summed E-state index contributed by atoms with van der Waals surface area (Å²) >= 11 is 0. The molecular formula is C22H22N2O2. The van der Waals surface area contributed by atoms with Gasteiger partial charge in [0.2, 0.25) is 0 Å². The maximum atomic E-state index is 12.2. The molecule has 0 aliphatic heterocycles. The molecule has 0 aromatic heterocycles. The molecule has 3 N–H and O–H groups in total. The molecule has 0 spiro atoms. The molecule has 0 saturated carbocycles. The Bertz CT molecular complexity index is 908. The molecule has 3 aromatic rings. The van der Waals surface area contributed by atoms with Crippen LogP contribution in [0.25, 0.3) is 10.8 Å². The summed E-state index contributed by atoms with van der Waals surface area (Å²) in [6.45, 7) is 0.180. The molecule has 132 valence electrons. The van der Waals surface area contributed by atoms with E-state index in [4.69, 9.17) is 0 Å². The smallest absolute Gasteiger partial charge is 0.315 e. The SMILES string of the molecule is O=C(NCC(O)c1cccc2ccccc12)NC1Cc2ccccc2C1. The standard InChI is InChI=1S/C22H22N2O2/c25-21(20-11-5-9-15-6-3-4-10-19(15)20)14-23-22(26)24-18-12-16-7-1-2-8-17(16)13-18/h1-11,18,21,25H,12-14H2,(H2,23,24,26). The average Bonchev–Trinajstić information content (AvgIpc) is 3.07. The van der Waals surface area contributed by atoms with Crippen molar-refractivity contribution in [1.29, 1.82) is 0 Å². The van der Waals surface area contributed by atoms with E-state index in [0.29, 0.717) is 0 Å². The topological polar surface area (TPSA) is 61.4 Å². The van der Waals surface area contributed by atoms with Gasteiger partial charge >= 0.3 is 6.03 Å². The average molecular weight is 346 g/mol. The van der Waals surface area contributed by atoms with E-state index >= 15 is 0 Å². The Morgan fingerprint density at radius 3 is 2.38 bits per heavy atom. The van der Waals surface area contributed by atoms with E-state index in [2.05, 4.69) is 22.8 Å². The van der Waals surface area contributed by atoms with Crippen molar-refractivity contribution in [2.24, 2.45) is 0 Å². The van der Waals surface area contributed by atoms with Crippen LogP contribution in [-0.4, -0.2) is 23.7 Å². The first-order chi connectivity index (χ1) is 12.7. The molecule has 1 atom stereocenters. The van der Waals surface area contributed by atoms with Crippen LogP contribution in [0.1, 0.15) is 22.8 Å². The molecule has 1 unspecified atom stereocenters. The molecule has 4 nitrogen and oxygen atoms in total. The normalized spacial score (nSPS) is 14.8. The third-order valence-corrected chi connectivity index (χ3v) is 5.02. The van der Waals surface area contributed by atoms with Gasteiger partial charge in [-0.05, 0) is 40.3 Å². The van der Waals surface area contributed by atoms with Crippen molar-refractivity contribution in [3.8, 4) is 0 Å². The fraction of sp³-hybridized carbons (Fsp3) is 0.227. The first kappa shape index (κ1) is 16.6. The number of fused-ring (bicyclic) bond motifs is 2. The number of carbonyl (C=O) groups excluding carboxylic acids is 1. The molecule has 3 aromatic carbocycles. The van der Waals surface area contributed by atoms with Crippen LogP contribution in [0.2, 0.25) is 0 Å². The van der Waals surface area contributed by atoms with Gasteiger partial charge in [0.25, 0.3) is 0 Å². The zero-order valence-electron chi connectivity index (χ0n) is 14.5. The van der Waals surface area contributed by atoms with Gasteiger partial charge in [0.1, 0.15) is 0 Å². The number of aliphatic hydroxyl groups excluding tert-OH is 1. The van der Waals surface area contributed by atoms with Crippen LogP contribution in [0, 0.1) is 0 Å². The minimum absolute atomic E-state index is 0.113. The lowest BCUT2D eigenvalue weighted by Crippen LogP contribution is -2.43. The van der Waals surface area contributed by atoms with Crippen molar-refractivity contribution in [3.05, 3.63) is 83.4 Å². The molecule has 1 aliphatic rings. The van der Waals surface area contributed by atoms with Crippen molar-refractivity contribution < 1.29 is 9.90 Å². The quantitative estimate of drug-likeness (QED) is 0.678. The van der Waals surface area contributed by atoms with Crippen molar-refractivity contribution in [3.63, 3.8) is 0 Å². The van der Waals surface area contributed by atoms with Gasteiger partial charge < -0.3 is 15.7 Å². The van der Waals surface area contributed by atoms with Gasteiger partial charge in [-0.2, -0.15) is 0 Å². The number of benzene rings is 3. The molecule has 0 fully saturated rings. The number of amides is 2. The second kappa shape index (κ2) is 7.18. The number of urea groups is 1. The van der Waals surface area contributed by atoms with E-state index in [0.717, 1.165) is 29.2 Å². The van der Waals surface area contributed by atoms with Gasteiger partial charge in [-0.3, -0.25) is 0 Å². The second-order valence-electron chi connectivity index (χ2n) is 6.81. The predicted molar refractivity (Wildman–Crippen MR) is 103 cm³/mol. The number of hydrogen-bond donors (Lipinski definition) is 3. The summed E-state index contributed by atoms with van der Waals surface area (Å²) in [6, 6.07) is 21.9. The Balaban J connectivity index is 1.34. The fourth-order valence-electron chi connectivity index (χ4n) is 3.74. The fourth-order valence-corrected chi connectivity index (χ4v) is 3.74. The molecule has 1 aliphatic carbocycles. The molecule has 0 saturated heterocycles. The third-order valence-electron chi connectivity index (χ3n) is 5.02. The van der Waals surface area contributed by atoms with E-state index in [1.807, 2.05) is 54.6 Å². The van der Waals surface area contributed by atoms with Crippen LogP contribution in [0.3, 0.4) is 0 Å². The molecule has 4 rings (SSSR count). The Labute approximate surface area is 152 Å². The summed E-state index contributed by atoms with van der Waals surface area (Å²) in [6.07, 6.45) is 0.970. The Morgan fingerprint density at radius 1 is 0.962 bits per heavy atom. The Hall–Kier alpha value is -2.85. The highest BCUT2D eigenvalue weighted by Gasteiger charge is 2.22. The van der Waals surface area contributed by atoms with Gasteiger partial charge in [-0.1, -0.05) is 66.7 Å². The predicted octanol–water partition coefficient (Wildman–Crippen LogP) is 3.34. The number of rotatable bonds is 4. The summed E-state index contributed by atoms with van der Waals surface area (Å²) in [7, 11) is 0. The van der Waals surface area contributed by atoms with Crippen molar-refractivity contribution in [2.45, 2.75) is 25.0 Å². The van der Waals surface area contributed by atoms with Crippen molar-refractivity contribution in [1.82, 2.24) is 10.6 Å². The van der Waals surface area contributed by atoms with Crippen molar-refractivity contribution in [2.75, 3.05) is 6.54 Å². The van der Waals surface area contributed by atoms with Gasteiger partial charge in [-0.25, -0.2) is 4.79 Å². The minimum Gasteiger partial charge on any atom is -0.387 e. The van der Waals surface area contributed by atoms with Crippen molar-refractivity contribution >= 4 is 16.8 Å². The molecule has 4 heteroatoms. The van der Waals surface area contributed by atoms with Crippen LogP contribution in [0.4, 0.5) is 4.79 Å². The molecule has 0 bridgehead atoms. The monoisotopic (exact) mass is 346 g/mol. The van der Waals surface area contributed by atoms with Gasteiger partial charge in [0.05, 0.1) is 6.10 Å². The highest BCUT2D eigenvalue weighted by Crippen LogP contribution is 2.24. The van der Waals surface area contributed by atoms with Crippen LogP contribution >= 0.6 is 0 Å². The zero-order chi connectivity index (χ0) is 17.9. The lowest BCUT2D eigenvalue weighted by Gasteiger charge is -2.17. The Morgan fingerprint density at radius 2 is 1.62 bits per heavy atom. The highest BCUT2D eigenvalue weighted by molar-refractivity contribution is 5.86. The first-order valence-electron chi connectivity index (χ1n) is 8.97. The Kier molecular flexibility index (Phi) is 4.59. The van der Waals surface area contributed by atoms with Crippen LogP contribution in [0.5, 0.6) is 0 Å². The molecule has 0 heterocycles. The van der Waals surface area contributed by atoms with Crippen LogP contribution in [-0.2, 0) is 12.8 Å². The van der Waals surface area contributed by atoms with Gasteiger partial charge in [0, 0.05) is 12.6 Å². The zero-order valence-corrected chi connectivity index (χ0v) is 14.5. The summed E-state index contributed by atoms with van der Waals surface area (Å²) in [4.78, 5) is 12.2. The number of hydrogen-bond acceptors (Lipinski definition) is 2. The minimum atomic E-state index is -0.743. The largest absolute Gasteiger partial charge is 0.387 e. The van der Waals surface area contributed by atoms with Gasteiger partial charge in [0.15, 0.2) is 0 Å². The van der Waals surface area contributed by atoms with E-state index in [1.165, 1.54) is 11.1 Å².